The van der Waals surface area contributed by atoms with E-state index in [9.17, 15) is 14.4 Å². The summed E-state index contributed by atoms with van der Waals surface area (Å²) in [5.74, 6) is 0.448. The monoisotopic (exact) mass is 502 g/mol. The molecule has 0 aromatic heterocycles. The summed E-state index contributed by atoms with van der Waals surface area (Å²) in [7, 11) is 0. The lowest BCUT2D eigenvalue weighted by Gasteiger charge is -2.38. The fourth-order valence-electron chi connectivity index (χ4n) is 3.58. The lowest BCUT2D eigenvalue weighted by atomic mass is 9.91. The van der Waals surface area contributed by atoms with Gasteiger partial charge in [0.2, 0.25) is 5.91 Å². The number of thioether (sulfide) groups is 1. The second kappa shape index (κ2) is 17.5. The van der Waals surface area contributed by atoms with Crippen LogP contribution in [0.4, 0.5) is 0 Å². The Labute approximate surface area is 212 Å². The molecular weight excluding hydrogens is 452 g/mol. The van der Waals surface area contributed by atoms with Gasteiger partial charge in [0, 0.05) is 42.5 Å². The van der Waals surface area contributed by atoms with Crippen LogP contribution in [0.3, 0.4) is 0 Å². The molecule has 0 fully saturated rings. The van der Waals surface area contributed by atoms with Crippen molar-refractivity contribution in [3.8, 4) is 0 Å². The Hall–Kier alpha value is -0.960. The third-order valence-corrected chi connectivity index (χ3v) is 6.88. The number of carbonyl (C=O) groups excluding carboxylic acids is 3. The normalized spacial score (nSPS) is 14.0. The van der Waals surface area contributed by atoms with Crippen molar-refractivity contribution in [2.75, 3.05) is 33.0 Å². The fourth-order valence-corrected chi connectivity index (χ4v) is 5.11. The molecule has 1 unspecified atom stereocenters. The number of ether oxygens (including phenoxy) is 2. The van der Waals surface area contributed by atoms with Gasteiger partial charge in [0.25, 0.3) is 0 Å². The molecule has 0 aliphatic carbocycles. The van der Waals surface area contributed by atoms with Crippen LogP contribution in [-0.4, -0.2) is 72.5 Å². The van der Waals surface area contributed by atoms with Crippen LogP contribution in [0.2, 0.25) is 0 Å². The number of carbonyl (C=O) groups is 3. The van der Waals surface area contributed by atoms with Gasteiger partial charge in [-0.15, -0.1) is 0 Å². The van der Waals surface area contributed by atoms with E-state index in [0.29, 0.717) is 57.5 Å². The SMILES string of the molecule is CCC(=O)[C@@H](NC(CC(=O)CCOCCOCCNC(=O)C(C)C)C(C)(C)SC(C)C)C(C)C. The third kappa shape index (κ3) is 14.4. The number of hydrogen-bond donors (Lipinski definition) is 2. The van der Waals surface area contributed by atoms with Crippen molar-refractivity contribution in [2.45, 2.75) is 104 Å². The summed E-state index contributed by atoms with van der Waals surface area (Å²) in [6, 6.07) is -0.367. The van der Waals surface area contributed by atoms with Crippen LogP contribution in [0.1, 0.15) is 81.6 Å². The Balaban J connectivity index is 4.57. The minimum atomic E-state index is -0.256. The molecule has 1 amide bonds. The van der Waals surface area contributed by atoms with E-state index >= 15 is 0 Å². The van der Waals surface area contributed by atoms with Crippen molar-refractivity contribution in [3.63, 3.8) is 0 Å². The van der Waals surface area contributed by atoms with Crippen LogP contribution in [-0.2, 0) is 23.9 Å². The molecule has 0 spiro atoms. The Morgan fingerprint density at radius 3 is 2.00 bits per heavy atom. The van der Waals surface area contributed by atoms with Gasteiger partial charge in [-0.3, -0.25) is 14.4 Å². The summed E-state index contributed by atoms with van der Waals surface area (Å²) in [5, 5.41) is 6.75. The smallest absolute Gasteiger partial charge is 0.222 e. The molecule has 2 atom stereocenters. The first kappa shape index (κ1) is 33.0. The van der Waals surface area contributed by atoms with Crippen molar-refractivity contribution >= 4 is 29.2 Å². The van der Waals surface area contributed by atoms with Crippen LogP contribution >= 0.6 is 11.8 Å². The minimum Gasteiger partial charge on any atom is -0.379 e. The molecule has 0 aromatic rings. The predicted molar refractivity (Wildman–Crippen MR) is 141 cm³/mol. The highest BCUT2D eigenvalue weighted by atomic mass is 32.2. The topological polar surface area (TPSA) is 93.7 Å². The molecule has 8 heteroatoms. The molecule has 0 heterocycles. The Bertz CT molecular complexity index is 608. The first-order valence-corrected chi connectivity index (χ1v) is 13.6. The zero-order chi connectivity index (χ0) is 26.3. The van der Waals surface area contributed by atoms with Crippen LogP contribution in [0.15, 0.2) is 0 Å². The highest BCUT2D eigenvalue weighted by Gasteiger charge is 2.36. The first-order chi connectivity index (χ1) is 15.8. The first-order valence-electron chi connectivity index (χ1n) is 12.7. The van der Waals surface area contributed by atoms with Gasteiger partial charge in [0.15, 0.2) is 0 Å². The van der Waals surface area contributed by atoms with E-state index in [-0.39, 0.29) is 46.1 Å². The van der Waals surface area contributed by atoms with Crippen LogP contribution in [0.25, 0.3) is 0 Å². The Kier molecular flexibility index (Phi) is 17.0. The zero-order valence-corrected chi connectivity index (χ0v) is 23.8. The molecule has 0 aromatic carbocycles. The quantitative estimate of drug-likeness (QED) is 0.243. The summed E-state index contributed by atoms with van der Waals surface area (Å²) in [5.41, 5.74) is 0. The summed E-state index contributed by atoms with van der Waals surface area (Å²) in [4.78, 5) is 36.8. The van der Waals surface area contributed by atoms with E-state index in [0.717, 1.165) is 0 Å². The fraction of sp³-hybridized carbons (Fsp3) is 0.885. The summed E-state index contributed by atoms with van der Waals surface area (Å²) in [6.45, 7) is 20.3. The van der Waals surface area contributed by atoms with Gasteiger partial charge in [-0.2, -0.15) is 11.8 Å². The van der Waals surface area contributed by atoms with E-state index in [2.05, 4.69) is 38.3 Å². The number of rotatable bonds is 20. The van der Waals surface area contributed by atoms with E-state index < -0.39 is 0 Å². The van der Waals surface area contributed by atoms with Gasteiger partial charge in [-0.25, -0.2) is 0 Å². The molecule has 0 rings (SSSR count). The van der Waals surface area contributed by atoms with Crippen LogP contribution in [0.5, 0.6) is 0 Å². The molecule has 2 N–H and O–H groups in total. The number of hydrogen-bond acceptors (Lipinski definition) is 7. The molecule has 0 radical (unpaired) electrons. The molecule has 0 saturated heterocycles. The van der Waals surface area contributed by atoms with Gasteiger partial charge >= 0.3 is 0 Å². The second-order valence-corrected chi connectivity index (χ2v) is 12.4. The maximum Gasteiger partial charge on any atom is 0.222 e. The summed E-state index contributed by atoms with van der Waals surface area (Å²) < 4.78 is 10.8. The number of nitrogens with one attached hydrogen (secondary N) is 2. The molecule has 34 heavy (non-hydrogen) atoms. The Morgan fingerprint density at radius 1 is 0.912 bits per heavy atom. The lowest BCUT2D eigenvalue weighted by molar-refractivity contribution is -0.124. The maximum atomic E-state index is 12.8. The maximum absolute atomic E-state index is 12.8. The third-order valence-electron chi connectivity index (χ3n) is 5.52. The van der Waals surface area contributed by atoms with E-state index in [4.69, 9.17) is 9.47 Å². The van der Waals surface area contributed by atoms with Gasteiger partial charge < -0.3 is 20.1 Å². The lowest BCUT2D eigenvalue weighted by Crippen LogP contribution is -2.54. The Morgan fingerprint density at radius 2 is 1.50 bits per heavy atom. The van der Waals surface area contributed by atoms with Crippen molar-refractivity contribution in [1.29, 1.82) is 0 Å². The van der Waals surface area contributed by atoms with Gasteiger partial charge in [-0.1, -0.05) is 48.5 Å². The van der Waals surface area contributed by atoms with Crippen molar-refractivity contribution in [3.05, 3.63) is 0 Å². The molecule has 7 nitrogen and oxygen atoms in total. The second-order valence-electron chi connectivity index (χ2n) is 10.2. The molecule has 200 valence electrons. The van der Waals surface area contributed by atoms with Crippen molar-refractivity contribution in [2.24, 2.45) is 11.8 Å². The average molecular weight is 503 g/mol. The molecule has 0 aliphatic rings. The molecule has 0 bridgehead atoms. The largest absolute Gasteiger partial charge is 0.379 e. The van der Waals surface area contributed by atoms with Crippen molar-refractivity contribution in [1.82, 2.24) is 10.6 Å². The predicted octanol–water partition coefficient (Wildman–Crippen LogP) is 4.02. The van der Waals surface area contributed by atoms with E-state index in [1.807, 2.05) is 46.4 Å². The highest BCUT2D eigenvalue weighted by Crippen LogP contribution is 2.34. The van der Waals surface area contributed by atoms with Crippen LogP contribution in [0, 0.1) is 11.8 Å². The van der Waals surface area contributed by atoms with E-state index in [1.165, 1.54) is 0 Å². The molecular formula is C26H50N2O5S. The summed E-state index contributed by atoms with van der Waals surface area (Å²) >= 11 is 1.82. The summed E-state index contributed by atoms with van der Waals surface area (Å²) in [6.07, 6.45) is 1.18. The van der Waals surface area contributed by atoms with Gasteiger partial charge in [0.1, 0.15) is 11.6 Å². The average Bonchev–Trinajstić information content (AvgIpc) is 2.73. The number of Topliss-reactive ketones (excluding diaryl/α,β-unsaturated/α-hetero) is 2. The standard InChI is InChI=1S/C26H50N2O5S/c1-10-22(30)24(18(2)3)28-23(26(8,9)34-20(6)7)17-21(29)11-13-32-15-16-33-14-12-27-25(31)19(4)5/h18-20,23-24,28H,10-17H2,1-9H3,(H,27,31)/t23?,24-/m0/s1. The number of amides is 1. The van der Waals surface area contributed by atoms with Gasteiger partial charge in [-0.05, 0) is 25.0 Å². The minimum absolute atomic E-state index is 0.0138. The van der Waals surface area contributed by atoms with Crippen molar-refractivity contribution < 1.29 is 23.9 Å². The van der Waals surface area contributed by atoms with Gasteiger partial charge in [0.05, 0.1) is 32.5 Å². The zero-order valence-electron chi connectivity index (χ0n) is 23.0. The van der Waals surface area contributed by atoms with E-state index in [1.54, 1.807) is 0 Å². The van der Waals surface area contributed by atoms with Crippen LogP contribution < -0.4 is 10.6 Å². The molecule has 0 saturated carbocycles. The molecule has 0 aliphatic heterocycles. The highest BCUT2D eigenvalue weighted by molar-refractivity contribution is 8.01. The number of ketones is 2.